The number of rotatable bonds is 4. The summed E-state index contributed by atoms with van der Waals surface area (Å²) in [7, 11) is 1.68. The minimum absolute atomic E-state index is 0.794. The lowest BCUT2D eigenvalue weighted by Gasteiger charge is -2.09. The highest BCUT2D eigenvalue weighted by Crippen LogP contribution is 2.20. The van der Waals surface area contributed by atoms with E-state index < -0.39 is 0 Å². The number of nitrogens with one attached hydrogen (secondary N) is 2. The minimum Gasteiger partial charge on any atom is -0.497 e. The molecule has 19 heavy (non-hydrogen) atoms. The Bertz CT molecular complexity index is 688. The third-order valence-electron chi connectivity index (χ3n) is 3.24. The maximum Gasteiger partial charge on any atom is 0.120 e. The molecule has 3 rings (SSSR count). The van der Waals surface area contributed by atoms with Crippen molar-refractivity contribution in [2.24, 2.45) is 0 Å². The molecule has 3 heteroatoms. The highest BCUT2D eigenvalue weighted by atomic mass is 16.5. The van der Waals surface area contributed by atoms with Crippen LogP contribution in [0, 0.1) is 0 Å². The Kier molecular flexibility index (Phi) is 3.11. The van der Waals surface area contributed by atoms with E-state index >= 15 is 0 Å². The topological polar surface area (TPSA) is 37.0 Å². The van der Waals surface area contributed by atoms with Crippen molar-refractivity contribution in [3.63, 3.8) is 0 Å². The largest absolute Gasteiger partial charge is 0.497 e. The summed E-state index contributed by atoms with van der Waals surface area (Å²) in [6, 6.07) is 16.4. The van der Waals surface area contributed by atoms with Gasteiger partial charge in [-0.05, 0) is 29.8 Å². The van der Waals surface area contributed by atoms with E-state index in [-0.39, 0.29) is 0 Å². The van der Waals surface area contributed by atoms with E-state index in [0.29, 0.717) is 0 Å². The van der Waals surface area contributed by atoms with Crippen molar-refractivity contribution in [2.45, 2.75) is 6.54 Å². The lowest BCUT2D eigenvalue weighted by Crippen LogP contribution is -1.99. The van der Waals surface area contributed by atoms with Crippen molar-refractivity contribution < 1.29 is 4.74 Å². The second kappa shape index (κ2) is 5.06. The lowest BCUT2D eigenvalue weighted by atomic mass is 10.1. The van der Waals surface area contributed by atoms with E-state index in [1.165, 1.54) is 16.5 Å². The molecule has 0 saturated heterocycles. The molecule has 2 aromatic carbocycles. The molecule has 2 N–H and O–H groups in total. The fourth-order valence-electron chi connectivity index (χ4n) is 2.23. The van der Waals surface area contributed by atoms with Crippen LogP contribution in [0.4, 0.5) is 5.69 Å². The van der Waals surface area contributed by atoms with Crippen LogP contribution in [0.25, 0.3) is 10.9 Å². The Morgan fingerprint density at radius 1 is 1.11 bits per heavy atom. The Labute approximate surface area is 112 Å². The van der Waals surface area contributed by atoms with Gasteiger partial charge < -0.3 is 15.0 Å². The molecule has 0 aliphatic heterocycles. The fraction of sp³-hybridized carbons (Fsp3) is 0.125. The van der Waals surface area contributed by atoms with Crippen LogP contribution in [0.2, 0.25) is 0 Å². The van der Waals surface area contributed by atoms with E-state index in [1.807, 2.05) is 30.5 Å². The summed E-state index contributed by atoms with van der Waals surface area (Å²) in [5.74, 6) is 0.866. The van der Waals surface area contributed by atoms with Crippen LogP contribution in [-0.4, -0.2) is 12.1 Å². The SMILES string of the molecule is COc1cccc(NCc2cccc3[nH]ccc23)c1. The van der Waals surface area contributed by atoms with Gasteiger partial charge in [-0.3, -0.25) is 0 Å². The van der Waals surface area contributed by atoms with Gasteiger partial charge in [0.2, 0.25) is 0 Å². The van der Waals surface area contributed by atoms with Crippen molar-refractivity contribution in [3.05, 3.63) is 60.3 Å². The molecule has 0 spiro atoms. The first kappa shape index (κ1) is 11.7. The van der Waals surface area contributed by atoms with Gasteiger partial charge in [-0.1, -0.05) is 18.2 Å². The smallest absolute Gasteiger partial charge is 0.120 e. The fourth-order valence-corrected chi connectivity index (χ4v) is 2.23. The number of fused-ring (bicyclic) bond motifs is 1. The van der Waals surface area contributed by atoms with Gasteiger partial charge in [0.1, 0.15) is 5.75 Å². The van der Waals surface area contributed by atoms with Crippen molar-refractivity contribution in [3.8, 4) is 5.75 Å². The quantitative estimate of drug-likeness (QED) is 0.741. The van der Waals surface area contributed by atoms with Gasteiger partial charge in [0.25, 0.3) is 0 Å². The van der Waals surface area contributed by atoms with Crippen molar-refractivity contribution in [2.75, 3.05) is 12.4 Å². The summed E-state index contributed by atoms with van der Waals surface area (Å²) in [6.07, 6.45) is 1.97. The molecular weight excluding hydrogens is 236 g/mol. The number of methoxy groups -OCH3 is 1. The zero-order valence-corrected chi connectivity index (χ0v) is 10.8. The Morgan fingerprint density at radius 2 is 2.00 bits per heavy atom. The van der Waals surface area contributed by atoms with E-state index in [1.54, 1.807) is 7.11 Å². The average molecular weight is 252 g/mol. The van der Waals surface area contributed by atoms with Crippen LogP contribution >= 0.6 is 0 Å². The highest BCUT2D eigenvalue weighted by molar-refractivity contribution is 5.83. The average Bonchev–Trinajstić information content (AvgIpc) is 2.94. The molecule has 0 saturated carbocycles. The number of benzene rings is 2. The Balaban J connectivity index is 1.80. The summed E-state index contributed by atoms with van der Waals surface area (Å²) in [5, 5.41) is 4.69. The summed E-state index contributed by atoms with van der Waals surface area (Å²) in [4.78, 5) is 3.23. The number of H-pyrrole nitrogens is 1. The predicted octanol–water partition coefficient (Wildman–Crippen LogP) is 3.79. The van der Waals surface area contributed by atoms with Crippen LogP contribution in [0.5, 0.6) is 5.75 Å². The number of aromatic nitrogens is 1. The summed E-state index contributed by atoms with van der Waals surface area (Å²) in [5.41, 5.74) is 3.51. The molecule has 3 nitrogen and oxygen atoms in total. The summed E-state index contributed by atoms with van der Waals surface area (Å²) >= 11 is 0. The van der Waals surface area contributed by atoms with Crippen molar-refractivity contribution in [1.82, 2.24) is 4.98 Å². The minimum atomic E-state index is 0.794. The second-order valence-electron chi connectivity index (χ2n) is 4.44. The third-order valence-corrected chi connectivity index (χ3v) is 3.24. The second-order valence-corrected chi connectivity index (χ2v) is 4.44. The standard InChI is InChI=1S/C16H16N2O/c1-19-14-6-3-5-13(10-14)18-11-12-4-2-7-16-15(12)8-9-17-16/h2-10,17-18H,11H2,1H3. The van der Waals surface area contributed by atoms with E-state index in [4.69, 9.17) is 4.74 Å². The summed E-state index contributed by atoms with van der Waals surface area (Å²) < 4.78 is 5.22. The molecule has 0 fully saturated rings. The Hall–Kier alpha value is -2.42. The van der Waals surface area contributed by atoms with Crippen LogP contribution in [0.1, 0.15) is 5.56 Å². The van der Waals surface area contributed by atoms with Crippen molar-refractivity contribution in [1.29, 1.82) is 0 Å². The number of aromatic amines is 1. The Morgan fingerprint density at radius 3 is 2.89 bits per heavy atom. The molecule has 1 heterocycles. The third kappa shape index (κ3) is 2.40. The monoisotopic (exact) mass is 252 g/mol. The maximum atomic E-state index is 5.22. The van der Waals surface area contributed by atoms with Gasteiger partial charge in [0.15, 0.2) is 0 Å². The number of hydrogen-bond donors (Lipinski definition) is 2. The van der Waals surface area contributed by atoms with Gasteiger partial charge in [-0.15, -0.1) is 0 Å². The molecule has 1 aromatic heterocycles. The first-order valence-corrected chi connectivity index (χ1v) is 6.30. The van der Waals surface area contributed by atoms with Gasteiger partial charge in [0.05, 0.1) is 7.11 Å². The van der Waals surface area contributed by atoms with Gasteiger partial charge in [-0.25, -0.2) is 0 Å². The van der Waals surface area contributed by atoms with Crippen LogP contribution in [-0.2, 0) is 6.54 Å². The normalized spacial score (nSPS) is 10.6. The molecule has 3 aromatic rings. The van der Waals surface area contributed by atoms with Crippen LogP contribution in [0.3, 0.4) is 0 Å². The van der Waals surface area contributed by atoms with E-state index in [9.17, 15) is 0 Å². The van der Waals surface area contributed by atoms with Crippen LogP contribution in [0.15, 0.2) is 54.7 Å². The molecule has 96 valence electrons. The first-order valence-electron chi connectivity index (χ1n) is 6.30. The molecule has 0 bridgehead atoms. The van der Waals surface area contributed by atoms with Gasteiger partial charge in [0, 0.05) is 35.4 Å². The van der Waals surface area contributed by atoms with Crippen LogP contribution < -0.4 is 10.1 Å². The molecular formula is C16H16N2O. The molecule has 0 unspecified atom stereocenters. The summed E-state index contributed by atoms with van der Waals surface area (Å²) in [6.45, 7) is 0.794. The zero-order valence-electron chi connectivity index (χ0n) is 10.8. The maximum absolute atomic E-state index is 5.22. The number of ether oxygens (including phenoxy) is 1. The van der Waals surface area contributed by atoms with Crippen molar-refractivity contribution >= 4 is 16.6 Å². The lowest BCUT2D eigenvalue weighted by molar-refractivity contribution is 0.415. The number of hydrogen-bond acceptors (Lipinski definition) is 2. The van der Waals surface area contributed by atoms with E-state index in [0.717, 1.165) is 18.0 Å². The van der Waals surface area contributed by atoms with Gasteiger partial charge >= 0.3 is 0 Å². The molecule has 0 aliphatic carbocycles. The number of anilines is 1. The highest BCUT2D eigenvalue weighted by Gasteiger charge is 2.01. The molecule has 0 radical (unpaired) electrons. The molecule has 0 atom stereocenters. The van der Waals surface area contributed by atoms with E-state index in [2.05, 4.69) is 34.6 Å². The molecule has 0 aliphatic rings. The predicted molar refractivity (Wildman–Crippen MR) is 78.6 cm³/mol. The first-order chi connectivity index (χ1) is 9.36. The zero-order chi connectivity index (χ0) is 13.1. The van der Waals surface area contributed by atoms with Gasteiger partial charge in [-0.2, -0.15) is 0 Å². The molecule has 0 amide bonds.